The number of rotatable bonds is 6. The van der Waals surface area contributed by atoms with Crippen LogP contribution in [0.25, 0.3) is 0 Å². The van der Waals surface area contributed by atoms with Gasteiger partial charge in [-0.1, -0.05) is 12.1 Å². The molecule has 4 rings (SSSR count). The molecule has 1 atom stereocenters. The number of amides is 1. The summed E-state index contributed by atoms with van der Waals surface area (Å²) in [6.45, 7) is 5.08. The lowest BCUT2D eigenvalue weighted by Crippen LogP contribution is -2.36. The summed E-state index contributed by atoms with van der Waals surface area (Å²) in [6, 6.07) is 15.0. The Morgan fingerprint density at radius 1 is 1.06 bits per heavy atom. The van der Waals surface area contributed by atoms with Gasteiger partial charge in [-0.05, 0) is 48.9 Å². The number of carbonyl (C=O) groups is 1. The molecule has 0 saturated carbocycles. The lowest BCUT2D eigenvalue weighted by Gasteiger charge is -2.28. The van der Waals surface area contributed by atoms with Crippen molar-refractivity contribution in [2.45, 2.75) is 13.0 Å². The van der Waals surface area contributed by atoms with Gasteiger partial charge in [-0.15, -0.1) is 0 Å². The standard InChI is InChI=1S/C23H24FN5O2/c1-16(27-21-14-22(26-15-25-21)29-10-12-31-13-11-29)17-4-8-20(9-5-17)28-23(30)18-2-6-19(24)7-3-18/h2-9,14-16H,10-13H2,1H3,(H,28,30)(H,25,26,27). The molecule has 1 aliphatic heterocycles. The Kier molecular flexibility index (Phi) is 6.37. The van der Waals surface area contributed by atoms with Crippen LogP contribution in [0.3, 0.4) is 0 Å². The summed E-state index contributed by atoms with van der Waals surface area (Å²) in [5.41, 5.74) is 2.12. The predicted octanol–water partition coefficient (Wildman–Crippen LogP) is 3.88. The lowest BCUT2D eigenvalue weighted by atomic mass is 10.1. The summed E-state index contributed by atoms with van der Waals surface area (Å²) < 4.78 is 18.4. The molecule has 2 aromatic carbocycles. The molecule has 31 heavy (non-hydrogen) atoms. The molecule has 160 valence electrons. The van der Waals surface area contributed by atoms with Crippen LogP contribution in [0.1, 0.15) is 28.9 Å². The molecule has 0 bridgehead atoms. The number of hydrogen-bond acceptors (Lipinski definition) is 6. The number of ether oxygens (including phenoxy) is 1. The van der Waals surface area contributed by atoms with Crippen molar-refractivity contribution >= 4 is 23.2 Å². The highest BCUT2D eigenvalue weighted by Crippen LogP contribution is 2.22. The minimum absolute atomic E-state index is 0.00860. The largest absolute Gasteiger partial charge is 0.378 e. The van der Waals surface area contributed by atoms with Crippen LogP contribution in [0.4, 0.5) is 21.7 Å². The smallest absolute Gasteiger partial charge is 0.255 e. The molecule has 1 aromatic heterocycles. The first-order valence-electron chi connectivity index (χ1n) is 10.2. The van der Waals surface area contributed by atoms with Gasteiger partial charge in [0.1, 0.15) is 23.8 Å². The Balaban J connectivity index is 1.37. The molecule has 8 heteroatoms. The monoisotopic (exact) mass is 421 g/mol. The van der Waals surface area contributed by atoms with Crippen molar-refractivity contribution in [2.75, 3.05) is 41.8 Å². The summed E-state index contributed by atoms with van der Waals surface area (Å²) in [5, 5.41) is 6.22. The van der Waals surface area contributed by atoms with Crippen molar-refractivity contribution in [1.29, 1.82) is 0 Å². The zero-order valence-electron chi connectivity index (χ0n) is 17.2. The zero-order valence-corrected chi connectivity index (χ0v) is 17.2. The molecule has 0 aliphatic carbocycles. The van der Waals surface area contributed by atoms with Crippen molar-refractivity contribution in [3.05, 3.63) is 77.9 Å². The molecule has 1 saturated heterocycles. The van der Waals surface area contributed by atoms with Gasteiger partial charge in [0.15, 0.2) is 0 Å². The van der Waals surface area contributed by atoms with E-state index in [4.69, 9.17) is 4.74 Å². The van der Waals surface area contributed by atoms with E-state index >= 15 is 0 Å². The molecule has 0 radical (unpaired) electrons. The highest BCUT2D eigenvalue weighted by atomic mass is 19.1. The maximum Gasteiger partial charge on any atom is 0.255 e. The average molecular weight is 421 g/mol. The molecule has 3 aromatic rings. The molecule has 1 fully saturated rings. The van der Waals surface area contributed by atoms with Crippen molar-refractivity contribution in [3.8, 4) is 0 Å². The highest BCUT2D eigenvalue weighted by molar-refractivity contribution is 6.04. The molecule has 1 aliphatic rings. The van der Waals surface area contributed by atoms with E-state index in [1.54, 1.807) is 6.33 Å². The van der Waals surface area contributed by atoms with E-state index in [0.717, 1.165) is 30.3 Å². The van der Waals surface area contributed by atoms with Gasteiger partial charge < -0.3 is 20.3 Å². The Labute approximate surface area is 180 Å². The third-order valence-corrected chi connectivity index (χ3v) is 5.13. The van der Waals surface area contributed by atoms with E-state index in [1.807, 2.05) is 37.3 Å². The van der Waals surface area contributed by atoms with Gasteiger partial charge in [0, 0.05) is 36.4 Å². The lowest BCUT2D eigenvalue weighted by molar-refractivity contribution is 0.102. The highest BCUT2D eigenvalue weighted by Gasteiger charge is 2.14. The van der Waals surface area contributed by atoms with E-state index in [1.165, 1.54) is 24.3 Å². The average Bonchev–Trinajstić information content (AvgIpc) is 2.81. The molecule has 1 unspecified atom stereocenters. The number of nitrogens with zero attached hydrogens (tertiary/aromatic N) is 3. The second kappa shape index (κ2) is 9.53. The number of morpholine rings is 1. The number of halogens is 1. The molecule has 2 heterocycles. The SMILES string of the molecule is CC(Nc1cc(N2CCOCC2)ncn1)c1ccc(NC(=O)c2ccc(F)cc2)cc1. The molecule has 7 nitrogen and oxygen atoms in total. The normalized spacial score (nSPS) is 14.7. The van der Waals surface area contributed by atoms with E-state index < -0.39 is 0 Å². The van der Waals surface area contributed by atoms with Gasteiger partial charge in [-0.2, -0.15) is 0 Å². The number of hydrogen-bond donors (Lipinski definition) is 2. The van der Waals surface area contributed by atoms with Crippen LogP contribution in [0.5, 0.6) is 0 Å². The first-order valence-corrected chi connectivity index (χ1v) is 10.2. The van der Waals surface area contributed by atoms with Crippen molar-refractivity contribution in [2.24, 2.45) is 0 Å². The van der Waals surface area contributed by atoms with Gasteiger partial charge in [0.25, 0.3) is 5.91 Å². The van der Waals surface area contributed by atoms with E-state index in [2.05, 4.69) is 25.5 Å². The number of anilines is 3. The molecule has 1 amide bonds. The van der Waals surface area contributed by atoms with E-state index in [-0.39, 0.29) is 17.8 Å². The van der Waals surface area contributed by atoms with Crippen LogP contribution < -0.4 is 15.5 Å². The van der Waals surface area contributed by atoms with Crippen LogP contribution >= 0.6 is 0 Å². The molecule has 2 N–H and O–H groups in total. The van der Waals surface area contributed by atoms with E-state index in [9.17, 15) is 9.18 Å². The maximum atomic E-state index is 13.0. The van der Waals surface area contributed by atoms with Crippen molar-refractivity contribution in [3.63, 3.8) is 0 Å². The Morgan fingerprint density at radius 2 is 1.77 bits per heavy atom. The number of benzene rings is 2. The topological polar surface area (TPSA) is 79.4 Å². The summed E-state index contributed by atoms with van der Waals surface area (Å²) in [5.74, 6) is 0.975. The second-order valence-electron chi connectivity index (χ2n) is 7.31. The molecule has 0 spiro atoms. The first kappa shape index (κ1) is 20.7. The van der Waals surface area contributed by atoms with Gasteiger partial charge in [-0.25, -0.2) is 14.4 Å². The summed E-state index contributed by atoms with van der Waals surface area (Å²) in [7, 11) is 0. The van der Waals surface area contributed by atoms with Gasteiger partial charge in [-0.3, -0.25) is 4.79 Å². The number of aromatic nitrogens is 2. The van der Waals surface area contributed by atoms with Crippen LogP contribution in [-0.2, 0) is 4.74 Å². The minimum atomic E-state index is -0.372. The molecular weight excluding hydrogens is 397 g/mol. The Hall–Kier alpha value is -3.52. The third kappa shape index (κ3) is 5.35. The first-order chi connectivity index (χ1) is 15.1. The fourth-order valence-electron chi connectivity index (χ4n) is 3.36. The van der Waals surface area contributed by atoms with Crippen molar-refractivity contribution < 1.29 is 13.9 Å². The predicted molar refractivity (Wildman–Crippen MR) is 118 cm³/mol. The minimum Gasteiger partial charge on any atom is -0.378 e. The zero-order chi connectivity index (χ0) is 21.6. The van der Waals surface area contributed by atoms with Crippen LogP contribution in [0, 0.1) is 5.82 Å². The second-order valence-corrected chi connectivity index (χ2v) is 7.31. The van der Waals surface area contributed by atoms with Gasteiger partial charge >= 0.3 is 0 Å². The summed E-state index contributed by atoms with van der Waals surface area (Å²) >= 11 is 0. The fraction of sp³-hybridized carbons (Fsp3) is 0.261. The summed E-state index contributed by atoms with van der Waals surface area (Å²) in [4.78, 5) is 23.2. The number of carbonyl (C=O) groups excluding carboxylic acids is 1. The van der Waals surface area contributed by atoms with Crippen LogP contribution in [-0.4, -0.2) is 42.2 Å². The van der Waals surface area contributed by atoms with Crippen molar-refractivity contribution in [1.82, 2.24) is 9.97 Å². The number of nitrogens with one attached hydrogen (secondary N) is 2. The van der Waals surface area contributed by atoms with Crippen LogP contribution in [0.15, 0.2) is 60.9 Å². The van der Waals surface area contributed by atoms with Gasteiger partial charge in [0.05, 0.1) is 13.2 Å². The fourth-order valence-corrected chi connectivity index (χ4v) is 3.36. The van der Waals surface area contributed by atoms with Gasteiger partial charge in [0.2, 0.25) is 0 Å². The quantitative estimate of drug-likeness (QED) is 0.629. The summed E-state index contributed by atoms with van der Waals surface area (Å²) in [6.07, 6.45) is 1.56. The molecular formula is C23H24FN5O2. The Morgan fingerprint density at radius 3 is 2.48 bits per heavy atom. The maximum absolute atomic E-state index is 13.0. The van der Waals surface area contributed by atoms with Crippen LogP contribution in [0.2, 0.25) is 0 Å². The third-order valence-electron chi connectivity index (χ3n) is 5.13. The van der Waals surface area contributed by atoms with E-state index in [0.29, 0.717) is 24.5 Å². The Bertz CT molecular complexity index is 1020.